The number of esters is 1. The molecule has 1 aromatic carbocycles. The van der Waals surface area contributed by atoms with Gasteiger partial charge in [-0.3, -0.25) is 19.8 Å². The number of nitrogens with zero attached hydrogens (tertiary/aromatic N) is 3. The predicted molar refractivity (Wildman–Crippen MR) is 185 cm³/mol. The van der Waals surface area contributed by atoms with Crippen LogP contribution in [0.25, 0.3) is 5.57 Å². The van der Waals surface area contributed by atoms with Crippen LogP contribution in [-0.4, -0.2) is 83.6 Å². The molecule has 14 nitrogen and oxygen atoms in total. The quantitative estimate of drug-likeness (QED) is 0.116. The number of β-lactam (4-membered cyclic amide) rings is 1. The summed E-state index contributed by atoms with van der Waals surface area (Å²) in [6.45, 7) is 5.49. The third-order valence-corrected chi connectivity index (χ3v) is 10.0. The van der Waals surface area contributed by atoms with Gasteiger partial charge in [0.15, 0.2) is 10.8 Å². The molecule has 2 aromatic heterocycles. The molecule has 0 radical (unpaired) electrons. The SMILES string of the molecule is COCc1sccc1C1=C(C(=O)OCc2ccc(OC)cc2)N2C(=O)[C@@H](NC(=O)/C(=N/OC)c3csc(NC(=O)OC(C)(C)C)n3)[C@H]2SC1. The number of rotatable bonds is 12. The molecule has 17 heteroatoms. The number of thiophene rings is 1. The molecule has 49 heavy (non-hydrogen) atoms. The molecule has 1 saturated heterocycles. The Labute approximate surface area is 294 Å². The zero-order valence-electron chi connectivity index (χ0n) is 27.6. The van der Waals surface area contributed by atoms with Crippen LogP contribution in [0.2, 0.25) is 0 Å². The van der Waals surface area contributed by atoms with Gasteiger partial charge in [-0.2, -0.15) is 0 Å². The van der Waals surface area contributed by atoms with E-state index in [4.69, 9.17) is 23.8 Å². The number of carbonyl (C=O) groups is 4. The molecule has 0 saturated carbocycles. The van der Waals surface area contributed by atoms with Crippen molar-refractivity contribution < 1.29 is 43.0 Å². The molecule has 2 aliphatic heterocycles. The zero-order valence-corrected chi connectivity index (χ0v) is 30.0. The second kappa shape index (κ2) is 15.4. The first kappa shape index (κ1) is 35.8. The highest BCUT2D eigenvalue weighted by molar-refractivity contribution is 8.00. The molecule has 4 heterocycles. The number of benzene rings is 1. The van der Waals surface area contributed by atoms with E-state index in [1.54, 1.807) is 59.3 Å². The molecular weight excluding hydrogens is 695 g/mol. The Hall–Kier alpha value is -4.45. The molecule has 0 spiro atoms. The predicted octanol–water partition coefficient (Wildman–Crippen LogP) is 4.61. The molecule has 2 N–H and O–H groups in total. The lowest BCUT2D eigenvalue weighted by molar-refractivity contribution is -0.152. The number of thioether (sulfide) groups is 1. The van der Waals surface area contributed by atoms with E-state index in [9.17, 15) is 19.2 Å². The number of oxime groups is 1. The summed E-state index contributed by atoms with van der Waals surface area (Å²) in [6, 6.07) is 8.01. The number of thiazole rings is 1. The third kappa shape index (κ3) is 8.24. The summed E-state index contributed by atoms with van der Waals surface area (Å²) in [5.74, 6) is -0.858. The summed E-state index contributed by atoms with van der Waals surface area (Å²) in [7, 11) is 4.42. The summed E-state index contributed by atoms with van der Waals surface area (Å²) < 4.78 is 21.6. The second-order valence-electron chi connectivity index (χ2n) is 11.6. The van der Waals surface area contributed by atoms with Gasteiger partial charge in [-0.25, -0.2) is 14.6 Å². The van der Waals surface area contributed by atoms with Crippen molar-refractivity contribution in [1.29, 1.82) is 0 Å². The molecule has 5 rings (SSSR count). The van der Waals surface area contributed by atoms with E-state index < -0.39 is 40.9 Å². The largest absolute Gasteiger partial charge is 0.497 e. The van der Waals surface area contributed by atoms with Crippen molar-refractivity contribution in [2.75, 3.05) is 32.4 Å². The minimum absolute atomic E-state index is 0.0244. The van der Waals surface area contributed by atoms with Gasteiger partial charge in [0.2, 0.25) is 0 Å². The van der Waals surface area contributed by atoms with E-state index in [1.807, 2.05) is 11.4 Å². The van der Waals surface area contributed by atoms with Crippen LogP contribution >= 0.6 is 34.4 Å². The summed E-state index contributed by atoms with van der Waals surface area (Å²) in [6.07, 6.45) is -0.708. The van der Waals surface area contributed by atoms with Gasteiger partial charge < -0.3 is 29.1 Å². The van der Waals surface area contributed by atoms with Crippen molar-refractivity contribution in [2.45, 2.75) is 51.0 Å². The first-order chi connectivity index (χ1) is 23.4. The number of carbonyl (C=O) groups excluding carboxylic acids is 4. The van der Waals surface area contributed by atoms with Gasteiger partial charge in [0.25, 0.3) is 11.8 Å². The van der Waals surface area contributed by atoms with Crippen LogP contribution < -0.4 is 15.4 Å². The number of methoxy groups -OCH3 is 2. The molecule has 0 unspecified atom stereocenters. The number of ether oxygens (including phenoxy) is 4. The number of hydrogen-bond donors (Lipinski definition) is 2. The van der Waals surface area contributed by atoms with Gasteiger partial charge in [-0.05, 0) is 55.5 Å². The Morgan fingerprint density at radius 1 is 1.06 bits per heavy atom. The number of nitrogens with one attached hydrogen (secondary N) is 2. The molecule has 2 aliphatic rings. The number of aromatic nitrogens is 1. The highest BCUT2D eigenvalue weighted by Gasteiger charge is 2.55. The zero-order chi connectivity index (χ0) is 35.3. The molecular formula is C32H35N5O9S3. The van der Waals surface area contributed by atoms with Crippen molar-refractivity contribution in [3.05, 3.63) is 68.5 Å². The molecule has 3 aromatic rings. The Balaban J connectivity index is 1.35. The Kier molecular flexibility index (Phi) is 11.3. The fourth-order valence-electron chi connectivity index (χ4n) is 4.94. The van der Waals surface area contributed by atoms with Crippen LogP contribution in [-0.2, 0) is 46.6 Å². The first-order valence-corrected chi connectivity index (χ1v) is 17.7. The van der Waals surface area contributed by atoms with Crippen LogP contribution in [0, 0.1) is 0 Å². The van der Waals surface area contributed by atoms with E-state index in [2.05, 4.69) is 20.8 Å². The maximum Gasteiger partial charge on any atom is 0.413 e. The van der Waals surface area contributed by atoms with E-state index in [-0.39, 0.29) is 28.8 Å². The minimum atomic E-state index is -0.982. The summed E-state index contributed by atoms with van der Waals surface area (Å²) in [5, 5.41) is 12.1. The van der Waals surface area contributed by atoms with Gasteiger partial charge in [0, 0.05) is 28.7 Å². The van der Waals surface area contributed by atoms with Crippen molar-refractivity contribution in [2.24, 2.45) is 5.16 Å². The standard InChI is InChI=1S/C32H35N5O9S3/c1-32(2,3)46-31(41)35-30-33-21(16-49-30)23(36-44-6)26(38)34-24-27(39)37-25(29(40)45-13-17-7-9-18(43-5)10-8-17)20(15-48-28(24)37)19-11-12-47-22(19)14-42-4/h7-12,16,24,28H,13-15H2,1-6H3,(H,34,38)(H,33,35,41)/b36-23+/t24-,28-/m1/s1. The lowest BCUT2D eigenvalue weighted by Crippen LogP contribution is -2.71. The van der Waals surface area contributed by atoms with Crippen molar-refractivity contribution in [1.82, 2.24) is 15.2 Å². The smallest absolute Gasteiger partial charge is 0.413 e. The molecule has 3 amide bonds. The van der Waals surface area contributed by atoms with E-state index in [0.717, 1.165) is 27.3 Å². The lowest BCUT2D eigenvalue weighted by atomic mass is 9.99. The van der Waals surface area contributed by atoms with Crippen molar-refractivity contribution in [3.63, 3.8) is 0 Å². The van der Waals surface area contributed by atoms with Crippen molar-refractivity contribution in [3.8, 4) is 5.75 Å². The second-order valence-corrected chi connectivity index (χ2v) is 14.6. The van der Waals surface area contributed by atoms with Crippen molar-refractivity contribution >= 4 is 74.7 Å². The average Bonchev–Trinajstić information content (AvgIpc) is 3.73. The van der Waals surface area contributed by atoms with Gasteiger partial charge in [-0.1, -0.05) is 17.3 Å². The maximum absolute atomic E-state index is 13.8. The summed E-state index contributed by atoms with van der Waals surface area (Å²) in [5.41, 5.74) is 1.48. The Morgan fingerprint density at radius 2 is 1.82 bits per heavy atom. The van der Waals surface area contributed by atoms with Crippen LogP contribution in [0.1, 0.15) is 42.5 Å². The van der Waals surface area contributed by atoms with Gasteiger partial charge >= 0.3 is 12.1 Å². The number of fused-ring (bicyclic) bond motifs is 1. The molecule has 0 aliphatic carbocycles. The minimum Gasteiger partial charge on any atom is -0.497 e. The van der Waals surface area contributed by atoms with E-state index in [0.29, 0.717) is 23.7 Å². The number of anilines is 1. The van der Waals surface area contributed by atoms with E-state index >= 15 is 0 Å². The highest BCUT2D eigenvalue weighted by atomic mass is 32.2. The van der Waals surface area contributed by atoms with E-state index in [1.165, 1.54) is 40.5 Å². The first-order valence-electron chi connectivity index (χ1n) is 14.9. The normalized spacial score (nSPS) is 17.6. The average molecular weight is 730 g/mol. The molecule has 260 valence electrons. The topological polar surface area (TPSA) is 167 Å². The lowest BCUT2D eigenvalue weighted by Gasteiger charge is -2.49. The van der Waals surface area contributed by atoms with Crippen LogP contribution in [0.4, 0.5) is 9.93 Å². The van der Waals surface area contributed by atoms with Gasteiger partial charge in [-0.15, -0.1) is 34.4 Å². The molecule has 0 bridgehead atoms. The van der Waals surface area contributed by atoms with Crippen LogP contribution in [0.15, 0.2) is 51.9 Å². The van der Waals surface area contributed by atoms with Gasteiger partial charge in [0.1, 0.15) is 47.9 Å². The monoisotopic (exact) mass is 729 g/mol. The number of amides is 3. The molecule has 1 fully saturated rings. The maximum atomic E-state index is 13.8. The highest BCUT2D eigenvalue weighted by Crippen LogP contribution is 2.45. The van der Waals surface area contributed by atoms with Gasteiger partial charge in [0.05, 0.1) is 13.7 Å². The fourth-order valence-corrected chi connectivity index (χ4v) is 7.86. The Morgan fingerprint density at radius 3 is 2.49 bits per heavy atom. The summed E-state index contributed by atoms with van der Waals surface area (Å²) in [4.78, 5) is 64.7. The summed E-state index contributed by atoms with van der Waals surface area (Å²) >= 11 is 3.94. The van der Waals surface area contributed by atoms with Crippen LogP contribution in [0.3, 0.4) is 0 Å². The van der Waals surface area contributed by atoms with Crippen LogP contribution in [0.5, 0.6) is 5.75 Å². The Bertz CT molecular complexity index is 1780. The fraction of sp³-hybridized carbons (Fsp3) is 0.375. The molecule has 2 atom stereocenters. The third-order valence-electron chi connectivity index (χ3n) is 7.08. The number of hydrogen-bond acceptors (Lipinski definition) is 14.